The largest absolute Gasteiger partial charge is 0.481 e. The van der Waals surface area contributed by atoms with E-state index in [-0.39, 0.29) is 24.6 Å². The summed E-state index contributed by atoms with van der Waals surface area (Å²) in [5, 5.41) is 26.4. The van der Waals surface area contributed by atoms with Crippen LogP contribution in [0.5, 0.6) is 0 Å². The first kappa shape index (κ1) is 26.6. The standard InChI is InChI=1S/C26H29N5O7/c1-38-23(34)15-27-25-24(17-7-9-19(10-8-17)31(36)37)29-21-13-18(11-12-30(21)25)26(35)28-20(14-22(32)33)16-5-3-2-4-6-16/h7-13,16,20,27H,2-6,14-15H2,1H3,(H,28,35)(H,32,33). The normalized spacial score (nSPS) is 14.6. The molecule has 0 saturated heterocycles. The molecule has 200 valence electrons. The van der Waals surface area contributed by atoms with Crippen molar-refractivity contribution in [2.75, 3.05) is 19.0 Å². The van der Waals surface area contributed by atoms with Crippen LogP contribution in [0.3, 0.4) is 0 Å². The van der Waals surface area contributed by atoms with Gasteiger partial charge in [-0.3, -0.25) is 28.9 Å². The third kappa shape index (κ3) is 6.07. The molecule has 1 unspecified atom stereocenters. The Morgan fingerprint density at radius 1 is 1.18 bits per heavy atom. The van der Waals surface area contributed by atoms with Crippen molar-refractivity contribution in [3.63, 3.8) is 0 Å². The molecule has 2 aromatic heterocycles. The topological polar surface area (TPSA) is 165 Å². The first-order valence-electron chi connectivity index (χ1n) is 12.4. The number of nitrogens with one attached hydrogen (secondary N) is 2. The van der Waals surface area contributed by atoms with Crippen molar-refractivity contribution < 1.29 is 29.2 Å². The number of ether oxygens (including phenoxy) is 1. The lowest BCUT2D eigenvalue weighted by Crippen LogP contribution is -2.42. The molecule has 0 aliphatic heterocycles. The van der Waals surface area contributed by atoms with E-state index in [2.05, 4.69) is 15.6 Å². The number of anilines is 1. The number of carbonyl (C=O) groups excluding carboxylic acids is 2. The van der Waals surface area contributed by atoms with Gasteiger partial charge >= 0.3 is 11.9 Å². The third-order valence-electron chi connectivity index (χ3n) is 6.80. The molecule has 1 atom stereocenters. The maximum atomic E-state index is 13.2. The van der Waals surface area contributed by atoms with Crippen molar-refractivity contribution in [2.24, 2.45) is 5.92 Å². The molecule has 1 fully saturated rings. The van der Waals surface area contributed by atoms with Crippen LogP contribution in [0, 0.1) is 16.0 Å². The summed E-state index contributed by atoms with van der Waals surface area (Å²) >= 11 is 0. The van der Waals surface area contributed by atoms with Crippen LogP contribution in [0.15, 0.2) is 42.6 Å². The number of carbonyl (C=O) groups is 3. The van der Waals surface area contributed by atoms with E-state index in [1.807, 2.05) is 0 Å². The zero-order valence-electron chi connectivity index (χ0n) is 20.9. The maximum absolute atomic E-state index is 13.2. The summed E-state index contributed by atoms with van der Waals surface area (Å²) in [4.78, 5) is 51.6. The highest BCUT2D eigenvalue weighted by molar-refractivity contribution is 5.96. The number of carboxylic acid groups (broad SMARTS) is 1. The molecule has 0 radical (unpaired) electrons. The van der Waals surface area contributed by atoms with E-state index < -0.39 is 28.8 Å². The van der Waals surface area contributed by atoms with Gasteiger partial charge in [-0.2, -0.15) is 0 Å². The van der Waals surface area contributed by atoms with Gasteiger partial charge in [-0.15, -0.1) is 0 Å². The van der Waals surface area contributed by atoms with Crippen LogP contribution in [-0.2, 0) is 14.3 Å². The molecule has 3 N–H and O–H groups in total. The SMILES string of the molecule is COC(=O)CNc1c(-c2ccc([N+](=O)[O-])cc2)nc2cc(C(=O)NC(CC(=O)O)C3CCCCC3)ccn12. The number of imidazole rings is 1. The molecular formula is C26H29N5O7. The van der Waals surface area contributed by atoms with Gasteiger partial charge in [0.1, 0.15) is 23.7 Å². The molecule has 0 spiro atoms. The van der Waals surface area contributed by atoms with E-state index >= 15 is 0 Å². The summed E-state index contributed by atoms with van der Waals surface area (Å²) < 4.78 is 6.37. The number of fused-ring (bicyclic) bond motifs is 1. The molecule has 12 nitrogen and oxygen atoms in total. The fraction of sp³-hybridized carbons (Fsp3) is 0.385. The van der Waals surface area contributed by atoms with E-state index in [0.29, 0.717) is 28.3 Å². The summed E-state index contributed by atoms with van der Waals surface area (Å²) in [7, 11) is 1.27. The number of carboxylic acids is 1. The lowest BCUT2D eigenvalue weighted by Gasteiger charge is -2.30. The average molecular weight is 524 g/mol. The second kappa shape index (κ2) is 11.7. The van der Waals surface area contributed by atoms with Gasteiger partial charge in [0.05, 0.1) is 18.5 Å². The highest BCUT2D eigenvalue weighted by Gasteiger charge is 2.28. The summed E-state index contributed by atoms with van der Waals surface area (Å²) in [5.74, 6) is -1.30. The number of nitro benzene ring substituents is 1. The number of esters is 1. The van der Waals surface area contributed by atoms with Gasteiger partial charge in [0.2, 0.25) is 0 Å². The summed E-state index contributed by atoms with van der Waals surface area (Å²) in [6.07, 6.45) is 6.39. The highest BCUT2D eigenvalue weighted by Crippen LogP contribution is 2.31. The number of nitrogens with zero attached hydrogens (tertiary/aromatic N) is 3. The van der Waals surface area contributed by atoms with Crippen LogP contribution in [0.1, 0.15) is 48.9 Å². The molecule has 2 heterocycles. The smallest absolute Gasteiger partial charge is 0.325 e. The van der Waals surface area contributed by atoms with Crippen molar-refractivity contribution in [1.82, 2.24) is 14.7 Å². The van der Waals surface area contributed by atoms with Gasteiger partial charge in [-0.1, -0.05) is 19.3 Å². The van der Waals surface area contributed by atoms with Crippen molar-refractivity contribution in [1.29, 1.82) is 0 Å². The fourth-order valence-electron chi connectivity index (χ4n) is 4.84. The Kier molecular flexibility index (Phi) is 8.19. The third-order valence-corrected chi connectivity index (χ3v) is 6.80. The van der Waals surface area contributed by atoms with Crippen LogP contribution in [-0.4, -0.2) is 57.0 Å². The monoisotopic (exact) mass is 523 g/mol. The fourth-order valence-corrected chi connectivity index (χ4v) is 4.84. The van der Waals surface area contributed by atoms with Crippen LogP contribution in [0.25, 0.3) is 16.9 Å². The molecule has 1 aliphatic carbocycles. The van der Waals surface area contributed by atoms with Crippen molar-refractivity contribution in [3.8, 4) is 11.3 Å². The number of nitro groups is 1. The van der Waals surface area contributed by atoms with E-state index in [1.54, 1.807) is 34.9 Å². The Morgan fingerprint density at radius 2 is 1.89 bits per heavy atom. The minimum absolute atomic E-state index is 0.0746. The number of amides is 1. The molecule has 12 heteroatoms. The number of benzene rings is 1. The Balaban J connectivity index is 1.66. The molecule has 4 rings (SSSR count). The first-order chi connectivity index (χ1) is 18.3. The highest BCUT2D eigenvalue weighted by atomic mass is 16.6. The minimum atomic E-state index is -0.960. The lowest BCUT2D eigenvalue weighted by atomic mass is 9.82. The van der Waals surface area contributed by atoms with Crippen molar-refractivity contribution in [3.05, 3.63) is 58.3 Å². The zero-order chi connectivity index (χ0) is 27.2. The maximum Gasteiger partial charge on any atom is 0.325 e. The Bertz CT molecular complexity index is 1350. The molecule has 1 aromatic carbocycles. The molecule has 1 aliphatic rings. The van der Waals surface area contributed by atoms with E-state index in [9.17, 15) is 29.6 Å². The summed E-state index contributed by atoms with van der Waals surface area (Å²) in [6, 6.07) is 8.52. The molecule has 38 heavy (non-hydrogen) atoms. The van der Waals surface area contributed by atoms with Crippen LogP contribution < -0.4 is 10.6 Å². The Morgan fingerprint density at radius 3 is 2.53 bits per heavy atom. The minimum Gasteiger partial charge on any atom is -0.481 e. The van der Waals surface area contributed by atoms with E-state index in [0.717, 1.165) is 32.1 Å². The lowest BCUT2D eigenvalue weighted by molar-refractivity contribution is -0.384. The molecule has 1 saturated carbocycles. The number of hydrogen-bond acceptors (Lipinski definition) is 8. The Hall–Kier alpha value is -4.48. The molecular weight excluding hydrogens is 494 g/mol. The van der Waals surface area contributed by atoms with Gasteiger partial charge in [0, 0.05) is 35.5 Å². The van der Waals surface area contributed by atoms with Crippen molar-refractivity contribution >= 4 is 35.0 Å². The number of aliphatic carboxylic acids is 1. The number of non-ortho nitro benzene ring substituents is 1. The first-order valence-corrected chi connectivity index (χ1v) is 12.4. The number of rotatable bonds is 10. The van der Waals surface area contributed by atoms with Gasteiger partial charge in [0.15, 0.2) is 0 Å². The summed E-state index contributed by atoms with van der Waals surface area (Å²) in [6.45, 7) is -0.148. The predicted octanol–water partition coefficient (Wildman–Crippen LogP) is 3.65. The molecule has 1 amide bonds. The van der Waals surface area contributed by atoms with Crippen LogP contribution >= 0.6 is 0 Å². The van der Waals surface area contributed by atoms with Gasteiger partial charge < -0.3 is 20.5 Å². The second-order valence-corrected chi connectivity index (χ2v) is 9.26. The van der Waals surface area contributed by atoms with E-state index in [1.165, 1.54) is 19.2 Å². The summed E-state index contributed by atoms with van der Waals surface area (Å²) in [5.41, 5.74) is 1.62. The number of methoxy groups -OCH3 is 1. The van der Waals surface area contributed by atoms with Crippen LogP contribution in [0.2, 0.25) is 0 Å². The molecule has 3 aromatic rings. The Labute approximate surface area is 218 Å². The second-order valence-electron chi connectivity index (χ2n) is 9.26. The number of hydrogen-bond donors (Lipinski definition) is 3. The van der Waals surface area contributed by atoms with Gasteiger partial charge in [-0.05, 0) is 43.0 Å². The predicted molar refractivity (Wildman–Crippen MR) is 138 cm³/mol. The van der Waals surface area contributed by atoms with Gasteiger partial charge in [-0.25, -0.2) is 4.98 Å². The van der Waals surface area contributed by atoms with Crippen LogP contribution in [0.4, 0.5) is 11.5 Å². The van der Waals surface area contributed by atoms with E-state index in [4.69, 9.17) is 4.74 Å². The number of aromatic nitrogens is 2. The van der Waals surface area contributed by atoms with Gasteiger partial charge in [0.25, 0.3) is 11.6 Å². The quantitative estimate of drug-likeness (QED) is 0.204. The van der Waals surface area contributed by atoms with Crippen molar-refractivity contribution in [2.45, 2.75) is 44.6 Å². The number of pyridine rings is 1. The average Bonchev–Trinajstić information content (AvgIpc) is 3.29. The molecule has 0 bridgehead atoms. The zero-order valence-corrected chi connectivity index (χ0v) is 20.9.